The second-order valence-electron chi connectivity index (χ2n) is 5.52. The summed E-state index contributed by atoms with van der Waals surface area (Å²) in [5.41, 5.74) is 1.39. The van der Waals surface area contributed by atoms with Crippen molar-refractivity contribution in [3.05, 3.63) is 53.6 Å². The molecule has 0 spiro atoms. The van der Waals surface area contributed by atoms with Crippen LogP contribution >= 0.6 is 0 Å². The van der Waals surface area contributed by atoms with Crippen LogP contribution in [-0.2, 0) is 16.6 Å². The maximum atomic E-state index is 13.4. The Morgan fingerprint density at radius 1 is 1.29 bits per heavy atom. The molecule has 1 atom stereocenters. The fraction of sp³-hybridized carbons (Fsp3) is 0.294. The van der Waals surface area contributed by atoms with Crippen LogP contribution in [0.2, 0.25) is 0 Å². The molecule has 1 aromatic heterocycles. The van der Waals surface area contributed by atoms with Gasteiger partial charge in [-0.05, 0) is 43.2 Å². The minimum Gasteiger partial charge on any atom is -0.387 e. The molecule has 24 heavy (non-hydrogen) atoms. The highest BCUT2D eigenvalue weighted by Crippen LogP contribution is 2.15. The van der Waals surface area contributed by atoms with Crippen LogP contribution in [0.1, 0.15) is 23.8 Å². The van der Waals surface area contributed by atoms with Gasteiger partial charge in [-0.2, -0.15) is 0 Å². The first kappa shape index (κ1) is 17.7. The van der Waals surface area contributed by atoms with Crippen LogP contribution in [0.4, 0.5) is 10.1 Å². The molecule has 3 N–H and O–H groups in total. The molecular formula is C17H20FN3O3. The highest BCUT2D eigenvalue weighted by molar-refractivity contribution is 6.39. The summed E-state index contributed by atoms with van der Waals surface area (Å²) < 4.78 is 15.2. The van der Waals surface area contributed by atoms with Crippen molar-refractivity contribution in [2.45, 2.75) is 19.4 Å². The van der Waals surface area contributed by atoms with Gasteiger partial charge in [-0.25, -0.2) is 4.39 Å². The molecule has 0 bridgehead atoms. The highest BCUT2D eigenvalue weighted by atomic mass is 19.1. The van der Waals surface area contributed by atoms with E-state index in [-0.39, 0.29) is 18.7 Å². The van der Waals surface area contributed by atoms with Crippen LogP contribution in [0, 0.1) is 12.7 Å². The molecule has 2 amide bonds. The SMILES string of the molecule is Cc1ccc(NC(=O)C(=O)NCC[C@@H](O)c2cccn2C)cc1F. The number of carbonyl (C=O) groups excluding carboxylic acids is 2. The van der Waals surface area contributed by atoms with E-state index in [4.69, 9.17) is 0 Å². The summed E-state index contributed by atoms with van der Waals surface area (Å²) in [6, 6.07) is 7.78. The number of aryl methyl sites for hydroxylation is 2. The third-order valence-electron chi connectivity index (χ3n) is 3.66. The molecule has 0 radical (unpaired) electrons. The van der Waals surface area contributed by atoms with Crippen molar-refractivity contribution in [3.8, 4) is 0 Å². The van der Waals surface area contributed by atoms with Crippen LogP contribution in [0.15, 0.2) is 36.5 Å². The molecular weight excluding hydrogens is 313 g/mol. The molecule has 0 aliphatic carbocycles. The number of amides is 2. The van der Waals surface area contributed by atoms with Crippen molar-refractivity contribution in [1.82, 2.24) is 9.88 Å². The predicted molar refractivity (Wildman–Crippen MR) is 87.8 cm³/mol. The zero-order valence-electron chi connectivity index (χ0n) is 13.5. The van der Waals surface area contributed by atoms with E-state index in [0.717, 1.165) is 11.8 Å². The molecule has 0 saturated carbocycles. The zero-order valence-corrected chi connectivity index (χ0v) is 13.5. The Bertz CT molecular complexity index is 742. The Morgan fingerprint density at radius 2 is 2.04 bits per heavy atom. The first-order valence-electron chi connectivity index (χ1n) is 7.53. The van der Waals surface area contributed by atoms with E-state index in [0.29, 0.717) is 5.56 Å². The summed E-state index contributed by atoms with van der Waals surface area (Å²) in [7, 11) is 1.81. The standard InChI is InChI=1S/C17H20FN3O3/c1-11-5-6-12(10-13(11)18)20-17(24)16(23)19-8-7-15(22)14-4-3-9-21(14)2/h3-6,9-10,15,22H,7-8H2,1-2H3,(H,19,23)(H,20,24)/t15-/m1/s1. The average molecular weight is 333 g/mol. The Morgan fingerprint density at radius 3 is 2.67 bits per heavy atom. The zero-order chi connectivity index (χ0) is 17.7. The van der Waals surface area contributed by atoms with Gasteiger partial charge in [0.15, 0.2) is 0 Å². The first-order chi connectivity index (χ1) is 11.4. The highest BCUT2D eigenvalue weighted by Gasteiger charge is 2.15. The minimum atomic E-state index is -0.883. The fourth-order valence-corrected chi connectivity index (χ4v) is 2.23. The van der Waals surface area contributed by atoms with Gasteiger partial charge in [0.2, 0.25) is 0 Å². The molecule has 2 rings (SSSR count). The van der Waals surface area contributed by atoms with Gasteiger partial charge in [0.1, 0.15) is 5.82 Å². The number of carbonyl (C=O) groups is 2. The molecule has 0 saturated heterocycles. The number of hydrogen-bond acceptors (Lipinski definition) is 3. The number of nitrogens with zero attached hydrogens (tertiary/aromatic N) is 1. The van der Waals surface area contributed by atoms with Crippen LogP contribution < -0.4 is 10.6 Å². The van der Waals surface area contributed by atoms with Crippen molar-refractivity contribution >= 4 is 17.5 Å². The van der Waals surface area contributed by atoms with Gasteiger partial charge in [0.05, 0.1) is 6.10 Å². The Kier molecular flexibility index (Phi) is 5.70. The van der Waals surface area contributed by atoms with E-state index in [1.165, 1.54) is 12.1 Å². The molecule has 6 nitrogen and oxygen atoms in total. The Hall–Kier alpha value is -2.67. The van der Waals surface area contributed by atoms with Crippen molar-refractivity contribution in [2.24, 2.45) is 7.05 Å². The van der Waals surface area contributed by atoms with Crippen molar-refractivity contribution < 1.29 is 19.1 Å². The maximum absolute atomic E-state index is 13.4. The summed E-state index contributed by atoms with van der Waals surface area (Å²) in [4.78, 5) is 23.5. The smallest absolute Gasteiger partial charge is 0.313 e. The molecule has 0 fully saturated rings. The van der Waals surface area contributed by atoms with Crippen LogP contribution in [0.5, 0.6) is 0 Å². The van der Waals surface area contributed by atoms with Crippen molar-refractivity contribution in [2.75, 3.05) is 11.9 Å². The summed E-state index contributed by atoms with van der Waals surface area (Å²) in [6.45, 7) is 1.74. The summed E-state index contributed by atoms with van der Waals surface area (Å²) in [5.74, 6) is -2.18. The number of aliphatic hydroxyl groups is 1. The fourth-order valence-electron chi connectivity index (χ4n) is 2.23. The predicted octanol–water partition coefficient (Wildman–Crippen LogP) is 1.65. The second kappa shape index (κ2) is 7.74. The Labute approximate surface area is 139 Å². The number of aliphatic hydroxyl groups excluding tert-OH is 1. The monoisotopic (exact) mass is 333 g/mol. The molecule has 1 heterocycles. The van der Waals surface area contributed by atoms with E-state index in [1.54, 1.807) is 17.6 Å². The van der Waals surface area contributed by atoms with Crippen molar-refractivity contribution in [1.29, 1.82) is 0 Å². The topological polar surface area (TPSA) is 83.4 Å². The van der Waals surface area contributed by atoms with Gasteiger partial charge in [0.25, 0.3) is 0 Å². The number of nitrogens with one attached hydrogen (secondary N) is 2. The van der Waals surface area contributed by atoms with E-state index < -0.39 is 23.7 Å². The van der Waals surface area contributed by atoms with E-state index in [1.807, 2.05) is 19.3 Å². The number of benzene rings is 1. The molecule has 7 heteroatoms. The minimum absolute atomic E-state index is 0.140. The van der Waals surface area contributed by atoms with Gasteiger partial charge in [-0.3, -0.25) is 9.59 Å². The Balaban J connectivity index is 1.80. The quantitative estimate of drug-likeness (QED) is 0.728. The molecule has 1 aromatic carbocycles. The second-order valence-corrected chi connectivity index (χ2v) is 5.52. The van der Waals surface area contributed by atoms with Gasteiger partial charge < -0.3 is 20.3 Å². The summed E-state index contributed by atoms with van der Waals surface area (Å²) >= 11 is 0. The van der Waals surface area contributed by atoms with E-state index in [9.17, 15) is 19.1 Å². The van der Waals surface area contributed by atoms with E-state index in [2.05, 4.69) is 10.6 Å². The number of rotatable bonds is 5. The van der Waals surface area contributed by atoms with Crippen LogP contribution in [-0.4, -0.2) is 28.0 Å². The van der Waals surface area contributed by atoms with Crippen molar-refractivity contribution in [3.63, 3.8) is 0 Å². The molecule has 128 valence electrons. The lowest BCUT2D eigenvalue weighted by atomic mass is 10.2. The molecule has 2 aromatic rings. The average Bonchev–Trinajstić information content (AvgIpc) is 2.96. The summed E-state index contributed by atoms with van der Waals surface area (Å²) in [6.07, 6.45) is 1.35. The lowest BCUT2D eigenvalue weighted by Crippen LogP contribution is -2.36. The van der Waals surface area contributed by atoms with Gasteiger partial charge in [-0.1, -0.05) is 6.07 Å². The summed E-state index contributed by atoms with van der Waals surface area (Å²) in [5, 5.41) is 14.8. The third kappa shape index (κ3) is 4.42. The third-order valence-corrected chi connectivity index (χ3v) is 3.66. The maximum Gasteiger partial charge on any atom is 0.313 e. The number of hydrogen-bond donors (Lipinski definition) is 3. The lowest BCUT2D eigenvalue weighted by molar-refractivity contribution is -0.136. The largest absolute Gasteiger partial charge is 0.387 e. The number of aromatic nitrogens is 1. The lowest BCUT2D eigenvalue weighted by Gasteiger charge is -2.12. The van der Waals surface area contributed by atoms with Gasteiger partial charge in [-0.15, -0.1) is 0 Å². The molecule has 0 unspecified atom stereocenters. The normalized spacial score (nSPS) is 11.8. The molecule has 0 aliphatic heterocycles. The number of halogens is 1. The first-order valence-corrected chi connectivity index (χ1v) is 7.53. The van der Waals surface area contributed by atoms with Gasteiger partial charge in [0, 0.05) is 31.2 Å². The van der Waals surface area contributed by atoms with Crippen LogP contribution in [0.25, 0.3) is 0 Å². The van der Waals surface area contributed by atoms with Crippen LogP contribution in [0.3, 0.4) is 0 Å². The van der Waals surface area contributed by atoms with E-state index >= 15 is 0 Å². The molecule has 0 aliphatic rings. The van der Waals surface area contributed by atoms with Gasteiger partial charge >= 0.3 is 11.8 Å². The number of anilines is 1.